The van der Waals surface area contributed by atoms with Crippen molar-refractivity contribution in [3.8, 4) is 0 Å². The van der Waals surface area contributed by atoms with Crippen LogP contribution in [-0.2, 0) is 28.7 Å². The van der Waals surface area contributed by atoms with Crippen molar-refractivity contribution in [1.82, 2.24) is 10.2 Å². The molecule has 3 heterocycles. The van der Waals surface area contributed by atoms with Crippen LogP contribution in [0.5, 0.6) is 0 Å². The second-order valence-corrected chi connectivity index (χ2v) is 14.2. The van der Waals surface area contributed by atoms with E-state index < -0.39 is 53.6 Å². The summed E-state index contributed by atoms with van der Waals surface area (Å²) >= 11 is 0. The summed E-state index contributed by atoms with van der Waals surface area (Å²) in [4.78, 5) is 60.0. The first-order valence-electron chi connectivity index (χ1n) is 18.3. The average molecular weight is 708 g/mol. The Morgan fingerprint density at radius 3 is 2.50 bits per heavy atom. The lowest BCUT2D eigenvalue weighted by Gasteiger charge is -2.41. The van der Waals surface area contributed by atoms with Gasteiger partial charge in [0, 0.05) is 18.7 Å². The summed E-state index contributed by atoms with van der Waals surface area (Å²) in [6, 6.07) is 21.0. The zero-order chi connectivity index (χ0) is 37.0. The van der Waals surface area contributed by atoms with Gasteiger partial charge in [0.25, 0.3) is 5.91 Å². The third-order valence-electron chi connectivity index (χ3n) is 11.2. The van der Waals surface area contributed by atoms with Crippen molar-refractivity contribution in [3.05, 3.63) is 104 Å². The van der Waals surface area contributed by atoms with E-state index in [0.29, 0.717) is 36.9 Å². The standard InChI is InChI=1S/C42H49N3O7/c1-5-8-18-35(47)43-25-34(29-15-10-9-11-16-29)51-41(50)36-33-21-22-42(52-33)37(36)39(48)45(32(26-46)27(4)7-3)38(42)40(49)44(23-6-2)31-20-19-28-14-12-13-17-30(28)24-31/h5-6,9-17,19-20,24,27,32-34,36-38,46H,1-2,7-8,18,21-23,25-26H2,3-4H3,(H,43,47)/t27-,32-,33-,34-,36+,37+,38-,42+/m0/s1. The van der Waals surface area contributed by atoms with Gasteiger partial charge >= 0.3 is 5.97 Å². The number of benzene rings is 3. The molecular weight excluding hydrogens is 658 g/mol. The monoisotopic (exact) mass is 707 g/mol. The van der Waals surface area contributed by atoms with E-state index in [9.17, 15) is 19.5 Å². The van der Waals surface area contributed by atoms with Gasteiger partial charge < -0.3 is 29.7 Å². The van der Waals surface area contributed by atoms with Gasteiger partial charge in [0.1, 0.15) is 17.7 Å². The predicted molar refractivity (Wildman–Crippen MR) is 199 cm³/mol. The van der Waals surface area contributed by atoms with Crippen LogP contribution in [0.4, 0.5) is 5.69 Å². The second-order valence-electron chi connectivity index (χ2n) is 14.2. The fraction of sp³-hybridized carbons (Fsp3) is 0.429. The first-order chi connectivity index (χ1) is 25.2. The van der Waals surface area contributed by atoms with Crippen molar-refractivity contribution in [2.24, 2.45) is 17.8 Å². The van der Waals surface area contributed by atoms with Gasteiger partial charge in [-0.1, -0.05) is 93.1 Å². The van der Waals surface area contributed by atoms with Crippen LogP contribution in [0.25, 0.3) is 10.8 Å². The van der Waals surface area contributed by atoms with Crippen LogP contribution in [0, 0.1) is 17.8 Å². The number of ether oxygens (including phenoxy) is 2. The van der Waals surface area contributed by atoms with Crippen molar-refractivity contribution in [2.75, 3.05) is 24.6 Å². The molecule has 0 saturated carbocycles. The number of aliphatic hydroxyl groups is 1. The smallest absolute Gasteiger partial charge is 0.313 e. The molecule has 2 N–H and O–H groups in total. The summed E-state index contributed by atoms with van der Waals surface area (Å²) in [6.45, 7) is 11.4. The summed E-state index contributed by atoms with van der Waals surface area (Å²) in [5, 5.41) is 15.6. The van der Waals surface area contributed by atoms with Crippen molar-refractivity contribution in [2.45, 2.75) is 75.8 Å². The van der Waals surface area contributed by atoms with Gasteiger partial charge in [-0.25, -0.2) is 0 Å². The second kappa shape index (κ2) is 15.8. The number of nitrogens with one attached hydrogen (secondary N) is 1. The third-order valence-corrected chi connectivity index (χ3v) is 11.2. The molecule has 10 heteroatoms. The highest BCUT2D eigenvalue weighted by molar-refractivity contribution is 6.05. The molecule has 0 aliphatic carbocycles. The van der Waals surface area contributed by atoms with Crippen LogP contribution in [0.3, 0.4) is 0 Å². The minimum absolute atomic E-state index is 0.0455. The molecule has 8 atom stereocenters. The van der Waals surface area contributed by atoms with Crippen molar-refractivity contribution >= 4 is 40.2 Å². The molecular formula is C42H49N3O7. The van der Waals surface area contributed by atoms with E-state index >= 15 is 4.79 Å². The third kappa shape index (κ3) is 6.77. The van der Waals surface area contributed by atoms with Gasteiger partial charge in [-0.15, -0.1) is 13.2 Å². The van der Waals surface area contributed by atoms with Gasteiger partial charge in [0.05, 0.1) is 37.1 Å². The summed E-state index contributed by atoms with van der Waals surface area (Å²) in [6.07, 6.45) is 4.14. The van der Waals surface area contributed by atoms with E-state index in [-0.39, 0.29) is 43.8 Å². The number of hydrogen-bond donors (Lipinski definition) is 2. The molecule has 0 radical (unpaired) electrons. The van der Waals surface area contributed by atoms with Crippen molar-refractivity contribution < 1.29 is 33.8 Å². The number of fused-ring (bicyclic) bond motifs is 2. The highest BCUT2D eigenvalue weighted by Gasteiger charge is 2.76. The number of anilines is 1. The lowest BCUT2D eigenvalue weighted by molar-refractivity contribution is -0.161. The Morgan fingerprint density at radius 1 is 1.08 bits per heavy atom. The van der Waals surface area contributed by atoms with Gasteiger partial charge in [0.15, 0.2) is 0 Å². The Hall–Kier alpha value is -4.80. The van der Waals surface area contributed by atoms with E-state index in [1.165, 1.54) is 4.90 Å². The molecule has 0 aromatic heterocycles. The number of carbonyl (C=O) groups excluding carboxylic acids is 4. The molecule has 3 amide bonds. The molecule has 2 bridgehead atoms. The Kier molecular flexibility index (Phi) is 11.3. The lowest BCUT2D eigenvalue weighted by Crippen LogP contribution is -2.60. The zero-order valence-corrected chi connectivity index (χ0v) is 30.0. The molecule has 3 aliphatic rings. The van der Waals surface area contributed by atoms with Crippen LogP contribution in [0.15, 0.2) is 98.1 Å². The summed E-state index contributed by atoms with van der Waals surface area (Å²) in [7, 11) is 0. The van der Waals surface area contributed by atoms with Crippen LogP contribution in [0.2, 0.25) is 0 Å². The first kappa shape index (κ1) is 37.0. The van der Waals surface area contributed by atoms with E-state index in [4.69, 9.17) is 9.47 Å². The molecule has 3 aromatic rings. The molecule has 3 aliphatic heterocycles. The number of nitrogens with zero attached hydrogens (tertiary/aromatic N) is 2. The number of esters is 1. The molecule has 274 valence electrons. The highest BCUT2D eigenvalue weighted by atomic mass is 16.6. The zero-order valence-electron chi connectivity index (χ0n) is 30.0. The van der Waals surface area contributed by atoms with Gasteiger partial charge in [-0.2, -0.15) is 0 Å². The number of likely N-dealkylation sites (tertiary alicyclic amines) is 1. The minimum Gasteiger partial charge on any atom is -0.455 e. The normalized spacial score (nSPS) is 24.9. The SMILES string of the molecule is C=CCCC(=O)NC[C@H](OC(=O)[C@@H]1[C@@H]2CC[C@]3(O2)[C@H](C(=O)N(CC=C)c2ccc4ccccc4c2)N([C@@H](CO)[C@@H](C)CC)C(=O)[C@@H]13)c1ccccc1. The van der Waals surface area contributed by atoms with Crippen LogP contribution in [0.1, 0.15) is 57.6 Å². The van der Waals surface area contributed by atoms with Crippen LogP contribution < -0.4 is 10.2 Å². The summed E-state index contributed by atoms with van der Waals surface area (Å²) in [5.41, 5.74) is 0.0313. The maximum atomic E-state index is 15.1. The molecule has 6 rings (SSSR count). The Balaban J connectivity index is 1.36. The van der Waals surface area contributed by atoms with Gasteiger partial charge in [-0.05, 0) is 53.6 Å². The number of rotatable bonds is 16. The van der Waals surface area contributed by atoms with E-state index in [2.05, 4.69) is 18.5 Å². The fourth-order valence-electron chi connectivity index (χ4n) is 8.40. The number of carbonyl (C=O) groups is 4. The maximum Gasteiger partial charge on any atom is 0.313 e. The largest absolute Gasteiger partial charge is 0.455 e. The van der Waals surface area contributed by atoms with Gasteiger partial charge in [0.2, 0.25) is 11.8 Å². The number of allylic oxidation sites excluding steroid dienone is 1. The summed E-state index contributed by atoms with van der Waals surface area (Å²) < 4.78 is 12.9. The first-order valence-corrected chi connectivity index (χ1v) is 18.3. The molecule has 3 fully saturated rings. The maximum absolute atomic E-state index is 15.1. The molecule has 3 saturated heterocycles. The number of hydrogen-bond acceptors (Lipinski definition) is 7. The highest BCUT2D eigenvalue weighted by Crippen LogP contribution is 2.59. The van der Waals surface area contributed by atoms with Crippen LogP contribution >= 0.6 is 0 Å². The number of aliphatic hydroxyl groups excluding tert-OH is 1. The van der Waals surface area contributed by atoms with Crippen molar-refractivity contribution in [1.29, 1.82) is 0 Å². The summed E-state index contributed by atoms with van der Waals surface area (Å²) in [5.74, 6) is -3.69. The lowest BCUT2D eigenvalue weighted by atomic mass is 9.70. The molecule has 52 heavy (non-hydrogen) atoms. The fourth-order valence-corrected chi connectivity index (χ4v) is 8.40. The van der Waals surface area contributed by atoms with Gasteiger partial charge in [-0.3, -0.25) is 19.2 Å². The minimum atomic E-state index is -1.30. The average Bonchev–Trinajstić information content (AvgIpc) is 3.82. The van der Waals surface area contributed by atoms with E-state index in [0.717, 1.165) is 10.8 Å². The van der Waals surface area contributed by atoms with Crippen LogP contribution in [-0.4, -0.2) is 77.2 Å². The molecule has 1 spiro atoms. The number of amides is 3. The van der Waals surface area contributed by atoms with E-state index in [1.807, 2.05) is 86.6 Å². The predicted octanol–water partition coefficient (Wildman–Crippen LogP) is 5.51. The molecule has 0 unspecified atom stereocenters. The Morgan fingerprint density at radius 2 is 1.81 bits per heavy atom. The topological polar surface area (TPSA) is 125 Å². The van der Waals surface area contributed by atoms with Crippen molar-refractivity contribution in [3.63, 3.8) is 0 Å². The molecule has 3 aromatic carbocycles. The quantitative estimate of drug-likeness (QED) is 0.149. The van der Waals surface area contributed by atoms with E-state index in [1.54, 1.807) is 17.1 Å². The Bertz CT molecular complexity index is 1810. The molecule has 10 nitrogen and oxygen atoms in total. The Labute approximate surface area is 305 Å².